The number of hydrogen-bond acceptors (Lipinski definition) is 7. The van der Waals surface area contributed by atoms with Gasteiger partial charge in [0.05, 0.1) is 26.4 Å². The van der Waals surface area contributed by atoms with Gasteiger partial charge in [-0.2, -0.15) is 0 Å². The summed E-state index contributed by atoms with van der Waals surface area (Å²) in [4.78, 5) is 13.5. The fraction of sp³-hybridized carbons (Fsp3) is 0.316. The molecule has 2 aliphatic rings. The van der Waals surface area contributed by atoms with E-state index in [-0.39, 0.29) is 30.3 Å². The zero-order valence-corrected chi connectivity index (χ0v) is 28.1. The fourth-order valence-electron chi connectivity index (χ4n) is 5.09. The fourth-order valence-corrected chi connectivity index (χ4v) is 5.09. The quantitative estimate of drug-likeness (QED) is 0.0946. The summed E-state index contributed by atoms with van der Waals surface area (Å²) in [6.07, 6.45) is 3.47. The van der Waals surface area contributed by atoms with Crippen LogP contribution in [0.15, 0.2) is 115 Å². The second kappa shape index (κ2) is 26.1. The van der Waals surface area contributed by atoms with Crippen LogP contribution in [0.4, 0.5) is 0 Å². The molecule has 1 heterocycles. The van der Waals surface area contributed by atoms with Crippen LogP contribution in [0.5, 0.6) is 0 Å². The van der Waals surface area contributed by atoms with Crippen molar-refractivity contribution < 1.29 is 64.2 Å². The van der Waals surface area contributed by atoms with Crippen molar-refractivity contribution in [3.63, 3.8) is 0 Å². The molecule has 0 saturated carbocycles. The van der Waals surface area contributed by atoms with Crippen molar-refractivity contribution in [3.05, 3.63) is 151 Å². The number of methoxy groups -OCH3 is 1. The standard InChI is InChI=1S/C35H38O7.3CO.Fe/c1-37-35-33(40-24-28-18-10-4-11-19-28)32(42-34(36)29-20-12-5-13-21-29)31(39-23-27-16-8-3-9-17-27)30(41-35)25-38-22-26-14-6-2-7-15-26;3*1-2;/h2-12,14-20,30-33,35H,13,21-25H2,1H3;;;;/t30-,31+,32+,33-,35-;;;;/m1..../s1. The van der Waals surface area contributed by atoms with E-state index in [4.69, 9.17) is 42.4 Å². The summed E-state index contributed by atoms with van der Waals surface area (Å²) in [6.45, 7) is 14.7. The monoisotopic (exact) mass is 710 g/mol. The third kappa shape index (κ3) is 14.3. The van der Waals surface area contributed by atoms with Crippen LogP contribution < -0.4 is 0 Å². The first-order chi connectivity index (χ1) is 23.7. The first-order valence-electron chi connectivity index (χ1n) is 15.0. The summed E-state index contributed by atoms with van der Waals surface area (Å²) < 4.78 is 60.0. The summed E-state index contributed by atoms with van der Waals surface area (Å²) in [5.74, 6) is -0.397. The Morgan fingerprint density at radius 1 is 0.735 bits per heavy atom. The van der Waals surface area contributed by atoms with E-state index in [1.807, 2.05) is 103 Å². The van der Waals surface area contributed by atoms with Gasteiger partial charge in [0.25, 0.3) is 0 Å². The summed E-state index contributed by atoms with van der Waals surface area (Å²) in [5, 5.41) is 0. The van der Waals surface area contributed by atoms with Gasteiger partial charge in [0.15, 0.2) is 12.4 Å². The number of carbonyl (C=O) groups is 1. The van der Waals surface area contributed by atoms with Gasteiger partial charge in [0.1, 0.15) is 18.3 Å². The SMILES string of the molecule is CO[C@@H]1O[C@H](COCc2ccccc2)[C@H](OCc2ccccc2)[C@H](OC(=O)C2=CC=CCC2)[C@H]1OCc1ccccc1.[C-]#[O+].[C-]#[O+].[C-]#[O+].[Fe]. The van der Waals surface area contributed by atoms with E-state index in [2.05, 4.69) is 20.0 Å². The molecule has 1 aliphatic heterocycles. The summed E-state index contributed by atoms with van der Waals surface area (Å²) in [6, 6.07) is 29.6. The smallest absolute Gasteiger partial charge is 0 e. The van der Waals surface area contributed by atoms with E-state index in [1.165, 1.54) is 0 Å². The largest absolute Gasteiger partial charge is 0 e. The van der Waals surface area contributed by atoms with Crippen LogP contribution in [-0.4, -0.2) is 50.4 Å². The number of ether oxygens (including phenoxy) is 6. The Hall–Kier alpha value is -3.85. The third-order valence-corrected chi connectivity index (χ3v) is 7.31. The van der Waals surface area contributed by atoms with Crippen LogP contribution in [0.1, 0.15) is 29.5 Å². The third-order valence-electron chi connectivity index (χ3n) is 7.31. The summed E-state index contributed by atoms with van der Waals surface area (Å²) in [5.41, 5.74) is 3.62. The van der Waals surface area contributed by atoms with Crippen molar-refractivity contribution in [2.24, 2.45) is 0 Å². The zero-order valence-electron chi connectivity index (χ0n) is 27.0. The molecule has 0 N–H and O–H groups in total. The minimum Gasteiger partial charge on any atom is 0 e. The van der Waals surface area contributed by atoms with Crippen LogP contribution in [-0.2, 0) is 84.1 Å². The number of esters is 1. The second-order valence-corrected chi connectivity index (χ2v) is 10.3. The molecule has 3 aromatic rings. The molecular formula is C38H38FeO10. The van der Waals surface area contributed by atoms with Crippen LogP contribution >= 0.6 is 0 Å². The van der Waals surface area contributed by atoms with Gasteiger partial charge in [0.2, 0.25) is 0 Å². The minimum absolute atomic E-state index is 0. The molecule has 5 rings (SSSR count). The Bertz CT molecular complexity index is 1430. The predicted octanol–water partition coefficient (Wildman–Crippen LogP) is 5.82. The van der Waals surface area contributed by atoms with Crippen molar-refractivity contribution in [3.8, 4) is 0 Å². The normalized spacial score (nSPS) is 20.5. The molecule has 5 atom stereocenters. The average molecular weight is 711 g/mol. The zero-order chi connectivity index (χ0) is 35.0. The molecule has 3 aromatic carbocycles. The number of benzene rings is 3. The van der Waals surface area contributed by atoms with Crippen LogP contribution in [0.3, 0.4) is 0 Å². The van der Waals surface area contributed by atoms with Crippen molar-refractivity contribution in [2.45, 2.75) is 63.4 Å². The van der Waals surface area contributed by atoms with Crippen molar-refractivity contribution in [2.75, 3.05) is 13.7 Å². The van der Waals surface area contributed by atoms with E-state index in [9.17, 15) is 4.79 Å². The molecule has 1 aliphatic carbocycles. The van der Waals surface area contributed by atoms with Crippen molar-refractivity contribution in [1.29, 1.82) is 0 Å². The first-order valence-corrected chi connectivity index (χ1v) is 15.0. The van der Waals surface area contributed by atoms with E-state index < -0.39 is 36.7 Å². The molecular weight excluding hydrogens is 672 g/mol. The number of hydrogen-bond donors (Lipinski definition) is 0. The molecule has 1 saturated heterocycles. The Balaban J connectivity index is 0.00000163. The maximum atomic E-state index is 13.5. The Morgan fingerprint density at radius 2 is 1.22 bits per heavy atom. The van der Waals surface area contributed by atoms with Crippen LogP contribution in [0, 0.1) is 20.0 Å². The first kappa shape index (κ1) is 43.2. The average Bonchev–Trinajstić information content (AvgIpc) is 3.17. The van der Waals surface area contributed by atoms with E-state index in [1.54, 1.807) is 13.2 Å². The Labute approximate surface area is 298 Å². The van der Waals surface area contributed by atoms with Gasteiger partial charge in [-0.3, -0.25) is 0 Å². The van der Waals surface area contributed by atoms with Gasteiger partial charge in [0, 0.05) is 29.8 Å². The molecule has 0 spiro atoms. The predicted molar refractivity (Wildman–Crippen MR) is 170 cm³/mol. The molecule has 0 unspecified atom stereocenters. The maximum Gasteiger partial charge on any atom is 0 e. The molecule has 0 radical (unpaired) electrons. The molecule has 0 aromatic heterocycles. The summed E-state index contributed by atoms with van der Waals surface area (Å²) in [7, 11) is 1.56. The van der Waals surface area contributed by atoms with Gasteiger partial charge in [-0.15, -0.1) is 0 Å². The molecule has 11 heteroatoms. The molecule has 1 fully saturated rings. The van der Waals surface area contributed by atoms with Crippen molar-refractivity contribution >= 4 is 5.97 Å². The topological polar surface area (TPSA) is 132 Å². The van der Waals surface area contributed by atoms with Gasteiger partial charge in [-0.05, 0) is 29.5 Å². The number of carbonyl (C=O) groups excluding carboxylic acids is 1. The molecule has 0 amide bonds. The van der Waals surface area contributed by atoms with E-state index in [0.717, 1.165) is 23.1 Å². The van der Waals surface area contributed by atoms with Gasteiger partial charge in [-0.1, -0.05) is 109 Å². The van der Waals surface area contributed by atoms with Gasteiger partial charge < -0.3 is 28.4 Å². The number of allylic oxidation sites excluding steroid dienone is 3. The molecule has 10 nitrogen and oxygen atoms in total. The van der Waals surface area contributed by atoms with Crippen LogP contribution in [0.2, 0.25) is 0 Å². The Kier molecular flexibility index (Phi) is 23.0. The van der Waals surface area contributed by atoms with Gasteiger partial charge >= 0.3 is 39.9 Å². The van der Waals surface area contributed by atoms with Crippen molar-refractivity contribution in [1.82, 2.24) is 0 Å². The molecule has 49 heavy (non-hydrogen) atoms. The minimum atomic E-state index is -0.819. The van der Waals surface area contributed by atoms with Gasteiger partial charge in [-0.25, -0.2) is 4.79 Å². The van der Waals surface area contributed by atoms with E-state index in [0.29, 0.717) is 25.2 Å². The molecule has 0 bridgehead atoms. The van der Waals surface area contributed by atoms with Crippen LogP contribution in [0.25, 0.3) is 0 Å². The van der Waals surface area contributed by atoms with E-state index >= 15 is 0 Å². The molecule has 258 valence electrons. The second-order valence-electron chi connectivity index (χ2n) is 10.3. The number of rotatable bonds is 13. The summed E-state index contributed by atoms with van der Waals surface area (Å²) >= 11 is 0. The maximum absolute atomic E-state index is 13.5. The Morgan fingerprint density at radius 3 is 1.69 bits per heavy atom.